The van der Waals surface area contributed by atoms with Crippen LogP contribution in [0.25, 0.3) is 0 Å². The van der Waals surface area contributed by atoms with Gasteiger partial charge in [-0.05, 0) is 18.2 Å². The Morgan fingerprint density at radius 1 is 1.55 bits per heavy atom. The molecule has 2 N–H and O–H groups in total. The van der Waals surface area contributed by atoms with Gasteiger partial charge in [-0.15, -0.1) is 24.2 Å². The maximum Gasteiger partial charge on any atom is 0.0672 e. The van der Waals surface area contributed by atoms with Gasteiger partial charge >= 0.3 is 0 Å². The average Bonchev–Trinajstić information content (AvgIpc) is 2.36. The SMILES string of the molecule is Cl.NN1C=CC=C2SCC=C21. The number of halogens is 1. The van der Waals surface area contributed by atoms with Gasteiger partial charge in [-0.3, -0.25) is 5.01 Å². The molecule has 4 heteroatoms. The molecular weight excluding hydrogens is 180 g/mol. The van der Waals surface area contributed by atoms with Crippen molar-refractivity contribution in [3.63, 3.8) is 0 Å². The van der Waals surface area contributed by atoms with Crippen LogP contribution in [0.3, 0.4) is 0 Å². The summed E-state index contributed by atoms with van der Waals surface area (Å²) < 4.78 is 0. The maximum absolute atomic E-state index is 5.64. The molecule has 11 heavy (non-hydrogen) atoms. The van der Waals surface area contributed by atoms with Gasteiger partial charge in [0.05, 0.1) is 5.70 Å². The molecule has 0 saturated carbocycles. The zero-order valence-corrected chi connectivity index (χ0v) is 7.49. The van der Waals surface area contributed by atoms with Crippen molar-refractivity contribution in [2.45, 2.75) is 0 Å². The van der Waals surface area contributed by atoms with Crippen LogP contribution in [0.2, 0.25) is 0 Å². The standard InChI is InChI=1S/C7H8N2S.ClH/c8-9-4-1-2-7-6(9)3-5-10-7;/h1-4H,5,8H2;1H. The van der Waals surface area contributed by atoms with Crippen LogP contribution in [0.5, 0.6) is 0 Å². The second-order valence-corrected chi connectivity index (χ2v) is 3.24. The molecule has 0 atom stereocenters. The van der Waals surface area contributed by atoms with E-state index in [0.717, 1.165) is 11.4 Å². The number of hydrogen-bond acceptors (Lipinski definition) is 3. The highest BCUT2D eigenvalue weighted by atomic mass is 35.5. The molecule has 0 aliphatic carbocycles. The Bertz CT molecular complexity index is 245. The summed E-state index contributed by atoms with van der Waals surface area (Å²) in [4.78, 5) is 1.28. The van der Waals surface area contributed by atoms with E-state index in [9.17, 15) is 0 Å². The van der Waals surface area contributed by atoms with E-state index in [1.165, 1.54) is 4.91 Å². The Morgan fingerprint density at radius 3 is 3.09 bits per heavy atom. The molecule has 2 aliphatic rings. The fourth-order valence-corrected chi connectivity index (χ4v) is 1.99. The molecule has 0 unspecified atom stereocenters. The molecule has 60 valence electrons. The molecule has 2 rings (SSSR count). The van der Waals surface area contributed by atoms with E-state index < -0.39 is 0 Å². The third-order valence-electron chi connectivity index (χ3n) is 1.54. The van der Waals surface area contributed by atoms with Crippen LogP contribution in [0.1, 0.15) is 0 Å². The molecule has 2 aliphatic heterocycles. The summed E-state index contributed by atoms with van der Waals surface area (Å²) in [5, 5.41) is 1.66. The number of rotatable bonds is 0. The van der Waals surface area contributed by atoms with Crippen LogP contribution < -0.4 is 5.84 Å². The molecule has 0 aromatic heterocycles. The normalized spacial score (nSPS) is 20.3. The number of hydrazine groups is 1. The lowest BCUT2D eigenvalue weighted by atomic mass is 10.3. The molecular formula is C7H9ClN2S. The van der Waals surface area contributed by atoms with E-state index in [0.29, 0.717) is 0 Å². The van der Waals surface area contributed by atoms with Crippen molar-refractivity contribution in [1.82, 2.24) is 5.01 Å². The Morgan fingerprint density at radius 2 is 2.36 bits per heavy atom. The van der Waals surface area contributed by atoms with E-state index in [2.05, 4.69) is 12.2 Å². The molecule has 0 bridgehead atoms. The van der Waals surface area contributed by atoms with Crippen LogP contribution in [0, 0.1) is 0 Å². The highest BCUT2D eigenvalue weighted by molar-refractivity contribution is 8.03. The lowest BCUT2D eigenvalue weighted by Gasteiger charge is -2.18. The van der Waals surface area contributed by atoms with Gasteiger partial charge in [0, 0.05) is 16.9 Å². The van der Waals surface area contributed by atoms with Gasteiger partial charge in [-0.1, -0.05) is 0 Å². The quantitative estimate of drug-likeness (QED) is 0.586. The molecule has 0 aromatic carbocycles. The van der Waals surface area contributed by atoms with Crippen LogP contribution in [-0.4, -0.2) is 10.8 Å². The minimum atomic E-state index is 0. The Balaban J connectivity index is 0.000000605. The molecule has 0 spiro atoms. The number of hydrogen-bond donors (Lipinski definition) is 1. The molecule has 0 amide bonds. The lowest BCUT2D eigenvalue weighted by Crippen LogP contribution is -2.25. The minimum absolute atomic E-state index is 0. The smallest absolute Gasteiger partial charge is 0.0672 e. The monoisotopic (exact) mass is 188 g/mol. The van der Waals surface area contributed by atoms with E-state index in [1.807, 2.05) is 24.0 Å². The van der Waals surface area contributed by atoms with Crippen molar-refractivity contribution in [3.05, 3.63) is 35.0 Å². The third-order valence-corrected chi connectivity index (χ3v) is 2.53. The van der Waals surface area contributed by atoms with E-state index in [4.69, 9.17) is 5.84 Å². The summed E-state index contributed by atoms with van der Waals surface area (Å²) in [6.07, 6.45) is 8.05. The summed E-state index contributed by atoms with van der Waals surface area (Å²) in [7, 11) is 0. The van der Waals surface area contributed by atoms with Crippen molar-refractivity contribution in [3.8, 4) is 0 Å². The summed E-state index contributed by atoms with van der Waals surface area (Å²) >= 11 is 1.83. The van der Waals surface area contributed by atoms with Gasteiger partial charge in [-0.2, -0.15) is 0 Å². The van der Waals surface area contributed by atoms with Gasteiger partial charge in [0.1, 0.15) is 0 Å². The highest BCUT2D eigenvalue weighted by Crippen LogP contribution is 2.33. The first-order chi connectivity index (χ1) is 4.88. The first-order valence-electron chi connectivity index (χ1n) is 3.14. The van der Waals surface area contributed by atoms with Crippen LogP contribution in [0.15, 0.2) is 35.0 Å². The predicted octanol–water partition coefficient (Wildman–Crippen LogP) is 1.63. The van der Waals surface area contributed by atoms with Gasteiger partial charge in [0.2, 0.25) is 0 Å². The second-order valence-electron chi connectivity index (χ2n) is 2.18. The topological polar surface area (TPSA) is 29.3 Å². The van der Waals surface area contributed by atoms with E-state index >= 15 is 0 Å². The molecule has 0 aromatic rings. The number of thioether (sulfide) groups is 1. The lowest BCUT2D eigenvalue weighted by molar-refractivity contribution is 0.503. The summed E-state index contributed by atoms with van der Waals surface area (Å²) in [6.45, 7) is 0. The molecule has 0 radical (unpaired) electrons. The maximum atomic E-state index is 5.64. The molecule has 2 heterocycles. The van der Waals surface area contributed by atoms with Gasteiger partial charge < -0.3 is 0 Å². The van der Waals surface area contributed by atoms with Crippen LogP contribution >= 0.6 is 24.2 Å². The summed E-state index contributed by atoms with van der Waals surface area (Å²) in [6, 6.07) is 0. The first-order valence-corrected chi connectivity index (χ1v) is 4.12. The predicted molar refractivity (Wildman–Crippen MR) is 51.0 cm³/mol. The van der Waals surface area contributed by atoms with Crippen LogP contribution in [-0.2, 0) is 0 Å². The number of nitrogens with two attached hydrogens (primary N) is 1. The van der Waals surface area contributed by atoms with Gasteiger partial charge in [0.15, 0.2) is 0 Å². The first kappa shape index (κ1) is 8.71. The van der Waals surface area contributed by atoms with Crippen molar-refractivity contribution < 1.29 is 0 Å². The number of fused-ring (bicyclic) bond motifs is 1. The Labute approximate surface area is 76.2 Å². The third kappa shape index (κ3) is 1.45. The summed E-state index contributed by atoms with van der Waals surface area (Å²) in [5.74, 6) is 6.70. The zero-order chi connectivity index (χ0) is 6.97. The fourth-order valence-electron chi connectivity index (χ4n) is 1.05. The largest absolute Gasteiger partial charge is 0.286 e. The Kier molecular flexibility index (Phi) is 2.65. The van der Waals surface area contributed by atoms with Gasteiger partial charge in [0.25, 0.3) is 0 Å². The zero-order valence-electron chi connectivity index (χ0n) is 5.86. The van der Waals surface area contributed by atoms with E-state index in [-0.39, 0.29) is 12.4 Å². The number of nitrogens with zero attached hydrogens (tertiary/aromatic N) is 1. The van der Waals surface area contributed by atoms with Crippen LogP contribution in [0.4, 0.5) is 0 Å². The van der Waals surface area contributed by atoms with Crippen molar-refractivity contribution in [1.29, 1.82) is 0 Å². The highest BCUT2D eigenvalue weighted by Gasteiger charge is 2.16. The molecule has 0 fully saturated rings. The summed E-state index contributed by atoms with van der Waals surface area (Å²) in [5.41, 5.74) is 1.15. The van der Waals surface area contributed by atoms with Crippen molar-refractivity contribution >= 4 is 24.2 Å². The minimum Gasteiger partial charge on any atom is -0.286 e. The Hall–Kier alpha value is -0.380. The molecule has 2 nitrogen and oxygen atoms in total. The van der Waals surface area contributed by atoms with Crippen molar-refractivity contribution in [2.24, 2.45) is 5.84 Å². The second kappa shape index (κ2) is 3.34. The van der Waals surface area contributed by atoms with Gasteiger partial charge in [-0.25, -0.2) is 5.84 Å². The molecule has 0 saturated heterocycles. The number of allylic oxidation sites excluding steroid dienone is 2. The average molecular weight is 189 g/mol. The van der Waals surface area contributed by atoms with Crippen molar-refractivity contribution in [2.75, 3.05) is 5.75 Å². The van der Waals surface area contributed by atoms with E-state index in [1.54, 1.807) is 5.01 Å². The fraction of sp³-hybridized carbons (Fsp3) is 0.143.